The predicted octanol–water partition coefficient (Wildman–Crippen LogP) is 3.91. The van der Waals surface area contributed by atoms with Gasteiger partial charge in [0.25, 0.3) is 5.91 Å². The lowest BCUT2D eigenvalue weighted by Gasteiger charge is -2.31. The van der Waals surface area contributed by atoms with Gasteiger partial charge in [0.05, 0.1) is 25.0 Å². The first-order valence-corrected chi connectivity index (χ1v) is 12.9. The van der Waals surface area contributed by atoms with Crippen molar-refractivity contribution in [2.24, 2.45) is 5.10 Å². The van der Waals surface area contributed by atoms with E-state index in [1.165, 1.54) is 22.0 Å². The zero-order chi connectivity index (χ0) is 26.4. The summed E-state index contributed by atoms with van der Waals surface area (Å²) < 4.78 is 18.9. The summed E-state index contributed by atoms with van der Waals surface area (Å²) >= 11 is 6.51. The Hall–Kier alpha value is -3.01. The first-order chi connectivity index (χ1) is 17.8. The SMILES string of the molecule is CC(C)NC(=O)N(CCN1CCOCC1)CC(=O)N1N=C(c2ccc(F)cc2)CC1c1ccccc1Cl. The number of morpholine rings is 1. The van der Waals surface area contributed by atoms with Crippen LogP contribution in [0.25, 0.3) is 0 Å². The van der Waals surface area contributed by atoms with Crippen molar-refractivity contribution in [2.75, 3.05) is 45.9 Å². The molecule has 1 saturated heterocycles. The predicted molar refractivity (Wildman–Crippen MR) is 141 cm³/mol. The summed E-state index contributed by atoms with van der Waals surface area (Å²) in [5.41, 5.74) is 2.16. The summed E-state index contributed by atoms with van der Waals surface area (Å²) in [5, 5.41) is 9.49. The first-order valence-electron chi connectivity index (χ1n) is 12.6. The fourth-order valence-corrected chi connectivity index (χ4v) is 4.72. The van der Waals surface area contributed by atoms with Gasteiger partial charge in [-0.15, -0.1) is 0 Å². The fourth-order valence-electron chi connectivity index (χ4n) is 4.46. The molecule has 0 aliphatic carbocycles. The van der Waals surface area contributed by atoms with Crippen molar-refractivity contribution in [3.8, 4) is 0 Å². The van der Waals surface area contributed by atoms with Crippen LogP contribution < -0.4 is 5.32 Å². The number of nitrogens with zero attached hydrogens (tertiary/aromatic N) is 4. The number of carbonyl (C=O) groups excluding carboxylic acids is 2. The lowest BCUT2D eigenvalue weighted by Crippen LogP contribution is -2.50. The molecule has 2 aliphatic rings. The molecule has 2 aliphatic heterocycles. The molecule has 0 saturated carbocycles. The topological polar surface area (TPSA) is 77.5 Å². The third-order valence-corrected chi connectivity index (χ3v) is 6.77. The molecule has 4 rings (SSSR count). The van der Waals surface area contributed by atoms with Crippen LogP contribution in [-0.4, -0.2) is 84.4 Å². The molecule has 1 N–H and O–H groups in total. The minimum Gasteiger partial charge on any atom is -0.379 e. The van der Waals surface area contributed by atoms with Crippen molar-refractivity contribution in [3.05, 3.63) is 70.5 Å². The minimum absolute atomic E-state index is 0.0701. The number of carbonyl (C=O) groups is 2. The maximum atomic E-state index is 13.7. The number of benzene rings is 2. The molecule has 2 aromatic carbocycles. The molecule has 1 unspecified atom stereocenters. The van der Waals surface area contributed by atoms with Gasteiger partial charge in [0.2, 0.25) is 0 Å². The standard InChI is InChI=1S/C27H33ClFN5O3/c1-19(2)30-27(36)33(12-11-32-13-15-37-16-14-32)18-26(35)34-25(22-5-3-4-6-23(22)28)17-24(31-34)20-7-9-21(29)10-8-20/h3-10,19,25H,11-18H2,1-2H3,(H,30,36). The van der Waals surface area contributed by atoms with Crippen molar-refractivity contribution < 1.29 is 18.7 Å². The van der Waals surface area contributed by atoms with Gasteiger partial charge in [-0.2, -0.15) is 5.10 Å². The largest absolute Gasteiger partial charge is 0.379 e. The number of ether oxygens (including phenoxy) is 1. The van der Waals surface area contributed by atoms with Crippen molar-refractivity contribution in [1.82, 2.24) is 20.1 Å². The summed E-state index contributed by atoms with van der Waals surface area (Å²) in [6, 6.07) is 12.6. The monoisotopic (exact) mass is 529 g/mol. The second-order valence-electron chi connectivity index (χ2n) is 9.51. The molecule has 0 bridgehead atoms. The number of halogens is 2. The van der Waals surface area contributed by atoms with Crippen LogP contribution in [0.3, 0.4) is 0 Å². The highest BCUT2D eigenvalue weighted by Crippen LogP contribution is 2.36. The van der Waals surface area contributed by atoms with E-state index in [1.807, 2.05) is 32.0 Å². The van der Waals surface area contributed by atoms with Gasteiger partial charge < -0.3 is 15.0 Å². The van der Waals surface area contributed by atoms with Gasteiger partial charge in [-0.1, -0.05) is 41.9 Å². The van der Waals surface area contributed by atoms with Gasteiger partial charge in [-0.3, -0.25) is 9.69 Å². The highest BCUT2D eigenvalue weighted by Gasteiger charge is 2.35. The second-order valence-corrected chi connectivity index (χ2v) is 9.92. The maximum absolute atomic E-state index is 13.7. The highest BCUT2D eigenvalue weighted by atomic mass is 35.5. The number of hydrogen-bond acceptors (Lipinski definition) is 5. The third kappa shape index (κ3) is 7.06. The van der Waals surface area contributed by atoms with E-state index in [-0.39, 0.29) is 30.3 Å². The van der Waals surface area contributed by atoms with E-state index in [9.17, 15) is 14.0 Å². The quantitative estimate of drug-likeness (QED) is 0.562. The van der Waals surface area contributed by atoms with Gasteiger partial charge in [-0.25, -0.2) is 14.2 Å². The van der Waals surface area contributed by atoms with E-state index in [0.717, 1.165) is 24.2 Å². The molecular weight excluding hydrogens is 497 g/mol. The van der Waals surface area contributed by atoms with Crippen LogP contribution in [0, 0.1) is 5.82 Å². The Morgan fingerprint density at radius 3 is 2.54 bits per heavy atom. The molecule has 198 valence electrons. The number of nitrogens with one attached hydrogen (secondary N) is 1. The molecule has 0 spiro atoms. The normalized spacial score (nSPS) is 18.1. The van der Waals surface area contributed by atoms with Crippen LogP contribution in [0.5, 0.6) is 0 Å². The summed E-state index contributed by atoms with van der Waals surface area (Å²) in [7, 11) is 0. The van der Waals surface area contributed by atoms with Gasteiger partial charge in [-0.05, 0) is 43.2 Å². The molecule has 10 heteroatoms. The Morgan fingerprint density at radius 2 is 1.86 bits per heavy atom. The van der Waals surface area contributed by atoms with Gasteiger partial charge in [0, 0.05) is 43.7 Å². The van der Waals surface area contributed by atoms with Crippen LogP contribution in [0.15, 0.2) is 53.6 Å². The average molecular weight is 530 g/mol. The zero-order valence-corrected chi connectivity index (χ0v) is 22.0. The molecule has 3 amide bonds. The summed E-state index contributed by atoms with van der Waals surface area (Å²) in [5.74, 6) is -0.659. The highest BCUT2D eigenvalue weighted by molar-refractivity contribution is 6.31. The molecule has 0 radical (unpaired) electrons. The third-order valence-electron chi connectivity index (χ3n) is 6.42. The lowest BCUT2D eigenvalue weighted by molar-refractivity contribution is -0.133. The van der Waals surface area contributed by atoms with E-state index in [0.29, 0.717) is 43.5 Å². The lowest BCUT2D eigenvalue weighted by atomic mass is 9.98. The molecule has 1 fully saturated rings. The summed E-state index contributed by atoms with van der Waals surface area (Å²) in [6.07, 6.45) is 0.424. The van der Waals surface area contributed by atoms with Crippen molar-refractivity contribution in [1.29, 1.82) is 0 Å². The second kappa shape index (κ2) is 12.5. The number of rotatable bonds is 8. The van der Waals surface area contributed by atoms with Crippen molar-refractivity contribution in [2.45, 2.75) is 32.4 Å². The van der Waals surface area contributed by atoms with E-state index in [2.05, 4.69) is 15.3 Å². The Labute approximate surface area is 222 Å². The van der Waals surface area contributed by atoms with Gasteiger partial charge >= 0.3 is 6.03 Å². The molecule has 37 heavy (non-hydrogen) atoms. The Bertz CT molecular complexity index is 1120. The van der Waals surface area contributed by atoms with Gasteiger partial charge in [0.15, 0.2) is 0 Å². The number of hydrazone groups is 1. The van der Waals surface area contributed by atoms with E-state index in [4.69, 9.17) is 16.3 Å². The number of hydrogen-bond donors (Lipinski definition) is 1. The molecule has 1 atom stereocenters. The van der Waals surface area contributed by atoms with Gasteiger partial charge in [0.1, 0.15) is 12.4 Å². The van der Waals surface area contributed by atoms with E-state index < -0.39 is 6.04 Å². The van der Waals surface area contributed by atoms with Crippen molar-refractivity contribution in [3.63, 3.8) is 0 Å². The van der Waals surface area contributed by atoms with Crippen LogP contribution in [-0.2, 0) is 9.53 Å². The Morgan fingerprint density at radius 1 is 1.16 bits per heavy atom. The van der Waals surface area contributed by atoms with Crippen LogP contribution in [0.4, 0.5) is 9.18 Å². The number of amides is 3. The molecule has 2 heterocycles. The summed E-state index contributed by atoms with van der Waals surface area (Å²) in [4.78, 5) is 30.4. The molecular formula is C27H33ClFN5O3. The van der Waals surface area contributed by atoms with Crippen molar-refractivity contribution >= 4 is 29.3 Å². The summed E-state index contributed by atoms with van der Waals surface area (Å²) in [6.45, 7) is 7.56. The maximum Gasteiger partial charge on any atom is 0.318 e. The van der Waals surface area contributed by atoms with Crippen LogP contribution in [0.1, 0.15) is 37.4 Å². The van der Waals surface area contributed by atoms with E-state index >= 15 is 0 Å². The zero-order valence-electron chi connectivity index (χ0n) is 21.2. The number of urea groups is 1. The minimum atomic E-state index is -0.435. The average Bonchev–Trinajstić information content (AvgIpc) is 3.32. The first kappa shape index (κ1) is 27.0. The van der Waals surface area contributed by atoms with E-state index in [1.54, 1.807) is 18.2 Å². The fraction of sp³-hybridized carbons (Fsp3) is 0.444. The Kier molecular flexibility index (Phi) is 9.13. The molecule has 2 aromatic rings. The smallest absolute Gasteiger partial charge is 0.318 e. The molecule has 0 aromatic heterocycles. The Balaban J connectivity index is 1.56. The van der Waals surface area contributed by atoms with Crippen LogP contribution >= 0.6 is 11.6 Å². The van der Waals surface area contributed by atoms with Crippen LogP contribution in [0.2, 0.25) is 5.02 Å². The molecule has 8 nitrogen and oxygen atoms in total.